The van der Waals surface area contributed by atoms with Crippen molar-refractivity contribution in [3.63, 3.8) is 0 Å². The number of rotatable bonds is 6. The van der Waals surface area contributed by atoms with E-state index >= 15 is 0 Å². The van der Waals surface area contributed by atoms with Gasteiger partial charge in [-0.1, -0.05) is 13.0 Å². The third kappa shape index (κ3) is 4.11. The second-order valence-corrected chi connectivity index (χ2v) is 5.70. The third-order valence-electron chi connectivity index (χ3n) is 2.60. The molecule has 0 aromatic heterocycles. The van der Waals surface area contributed by atoms with E-state index in [-0.39, 0.29) is 4.90 Å². The fourth-order valence-electron chi connectivity index (χ4n) is 1.35. The highest BCUT2D eigenvalue weighted by molar-refractivity contribution is 7.89. The van der Waals surface area contributed by atoms with Crippen LogP contribution in [0.25, 0.3) is 0 Å². The second kappa shape index (κ2) is 6.50. The number of nitrogens with one attached hydrogen (secondary N) is 1. The van der Waals surface area contributed by atoms with E-state index < -0.39 is 10.0 Å². The highest BCUT2D eigenvalue weighted by Gasteiger charge is 2.13. The van der Waals surface area contributed by atoms with Crippen molar-refractivity contribution in [2.75, 3.05) is 26.7 Å². The van der Waals surface area contributed by atoms with E-state index in [0.29, 0.717) is 18.7 Å². The molecular formula is C12H17N3O2S. The SMILES string of the molecule is CCN(C)CCNS(=O)(=O)c1cccc(C#N)c1. The predicted molar refractivity (Wildman–Crippen MR) is 69.5 cm³/mol. The molecule has 0 saturated carbocycles. The van der Waals surface area contributed by atoms with Crippen LogP contribution in [0.15, 0.2) is 29.2 Å². The van der Waals surface area contributed by atoms with Gasteiger partial charge >= 0.3 is 0 Å². The maximum atomic E-state index is 11.9. The van der Waals surface area contributed by atoms with Crippen molar-refractivity contribution >= 4 is 10.0 Å². The van der Waals surface area contributed by atoms with Crippen molar-refractivity contribution in [1.82, 2.24) is 9.62 Å². The van der Waals surface area contributed by atoms with Crippen LogP contribution >= 0.6 is 0 Å². The lowest BCUT2D eigenvalue weighted by atomic mass is 10.2. The van der Waals surface area contributed by atoms with Gasteiger partial charge in [-0.3, -0.25) is 0 Å². The maximum Gasteiger partial charge on any atom is 0.240 e. The number of sulfonamides is 1. The number of likely N-dealkylation sites (N-methyl/N-ethyl adjacent to an activating group) is 1. The first kappa shape index (κ1) is 14.6. The van der Waals surface area contributed by atoms with Gasteiger partial charge in [0.25, 0.3) is 0 Å². The first-order chi connectivity index (χ1) is 8.49. The topological polar surface area (TPSA) is 73.2 Å². The van der Waals surface area contributed by atoms with Crippen LogP contribution < -0.4 is 4.72 Å². The normalized spacial score (nSPS) is 11.4. The maximum absolute atomic E-state index is 11.9. The molecule has 1 aromatic carbocycles. The summed E-state index contributed by atoms with van der Waals surface area (Å²) in [7, 11) is -1.60. The van der Waals surface area contributed by atoms with E-state index in [1.807, 2.05) is 24.9 Å². The highest BCUT2D eigenvalue weighted by Crippen LogP contribution is 2.10. The van der Waals surface area contributed by atoms with Crippen molar-refractivity contribution in [1.29, 1.82) is 5.26 Å². The Hall–Kier alpha value is -1.42. The molecule has 1 aromatic rings. The van der Waals surface area contributed by atoms with E-state index in [1.54, 1.807) is 12.1 Å². The Bertz CT molecular complexity index is 534. The standard InChI is InChI=1S/C12H17N3O2S/c1-3-15(2)8-7-14-18(16,17)12-6-4-5-11(9-12)10-13/h4-6,9,14H,3,7-8H2,1-2H3. The molecule has 0 radical (unpaired) electrons. The highest BCUT2D eigenvalue weighted by atomic mass is 32.2. The molecular weight excluding hydrogens is 250 g/mol. The van der Waals surface area contributed by atoms with Crippen LogP contribution in [0.2, 0.25) is 0 Å². The molecule has 0 fully saturated rings. The molecule has 0 spiro atoms. The van der Waals surface area contributed by atoms with Crippen molar-refractivity contribution in [2.24, 2.45) is 0 Å². The summed E-state index contributed by atoms with van der Waals surface area (Å²) in [5, 5.41) is 8.74. The Morgan fingerprint density at radius 2 is 2.17 bits per heavy atom. The summed E-state index contributed by atoms with van der Waals surface area (Å²) in [4.78, 5) is 2.13. The lowest BCUT2D eigenvalue weighted by Gasteiger charge is -2.14. The summed E-state index contributed by atoms with van der Waals surface area (Å²) in [6.07, 6.45) is 0. The molecule has 0 bridgehead atoms. The average Bonchev–Trinajstić information content (AvgIpc) is 2.38. The number of nitriles is 1. The van der Waals surface area contributed by atoms with E-state index in [2.05, 4.69) is 4.72 Å². The average molecular weight is 267 g/mol. The largest absolute Gasteiger partial charge is 0.305 e. The van der Waals surface area contributed by atoms with Gasteiger partial charge in [0.2, 0.25) is 10.0 Å². The van der Waals surface area contributed by atoms with Crippen LogP contribution in [0.1, 0.15) is 12.5 Å². The van der Waals surface area contributed by atoms with Gasteiger partial charge in [-0.05, 0) is 31.8 Å². The Labute approximate surface area is 108 Å². The first-order valence-corrected chi connectivity index (χ1v) is 7.16. The van der Waals surface area contributed by atoms with Gasteiger partial charge in [-0.25, -0.2) is 13.1 Å². The second-order valence-electron chi connectivity index (χ2n) is 3.93. The fourth-order valence-corrected chi connectivity index (χ4v) is 2.41. The van der Waals surface area contributed by atoms with Crippen molar-refractivity contribution in [2.45, 2.75) is 11.8 Å². The van der Waals surface area contributed by atoms with Gasteiger partial charge in [0.1, 0.15) is 0 Å². The quantitative estimate of drug-likeness (QED) is 0.827. The van der Waals surface area contributed by atoms with Crippen molar-refractivity contribution < 1.29 is 8.42 Å². The molecule has 6 heteroatoms. The minimum absolute atomic E-state index is 0.126. The summed E-state index contributed by atoms with van der Waals surface area (Å²) >= 11 is 0. The zero-order valence-electron chi connectivity index (χ0n) is 10.5. The van der Waals surface area contributed by atoms with Gasteiger partial charge in [0, 0.05) is 13.1 Å². The molecule has 1 rings (SSSR count). The molecule has 0 saturated heterocycles. The van der Waals surface area contributed by atoms with E-state index in [9.17, 15) is 8.42 Å². The van der Waals surface area contributed by atoms with E-state index in [4.69, 9.17) is 5.26 Å². The lowest BCUT2D eigenvalue weighted by molar-refractivity contribution is 0.358. The van der Waals surface area contributed by atoms with Gasteiger partial charge in [0.05, 0.1) is 16.5 Å². The molecule has 0 atom stereocenters. The zero-order valence-corrected chi connectivity index (χ0v) is 11.4. The molecule has 0 aliphatic heterocycles. The van der Waals surface area contributed by atoms with Crippen LogP contribution in [-0.4, -0.2) is 40.0 Å². The summed E-state index contributed by atoms with van der Waals surface area (Å²) in [6.45, 7) is 3.87. The molecule has 98 valence electrons. The Morgan fingerprint density at radius 1 is 1.44 bits per heavy atom. The monoisotopic (exact) mass is 267 g/mol. The summed E-state index contributed by atoms with van der Waals surface area (Å²) in [5.74, 6) is 0. The lowest BCUT2D eigenvalue weighted by Crippen LogP contribution is -2.32. The summed E-state index contributed by atoms with van der Waals surface area (Å²) < 4.78 is 26.4. The van der Waals surface area contributed by atoms with Crippen molar-refractivity contribution in [3.8, 4) is 6.07 Å². The predicted octanol–water partition coefficient (Wildman–Crippen LogP) is 0.788. The fraction of sp³-hybridized carbons (Fsp3) is 0.417. The summed E-state index contributed by atoms with van der Waals surface area (Å²) in [5.41, 5.74) is 0.337. The minimum atomic E-state index is -3.52. The Balaban J connectivity index is 2.72. The molecule has 0 amide bonds. The van der Waals surface area contributed by atoms with Gasteiger partial charge < -0.3 is 4.90 Å². The van der Waals surface area contributed by atoms with Crippen LogP contribution in [0.4, 0.5) is 0 Å². The van der Waals surface area contributed by atoms with E-state index in [0.717, 1.165) is 6.54 Å². The molecule has 0 unspecified atom stereocenters. The number of nitrogens with zero attached hydrogens (tertiary/aromatic N) is 2. The Kier molecular flexibility index (Phi) is 5.28. The molecule has 0 heterocycles. The minimum Gasteiger partial charge on any atom is -0.305 e. The summed E-state index contributed by atoms with van der Waals surface area (Å²) in [6, 6.07) is 7.90. The van der Waals surface area contributed by atoms with Crippen LogP contribution in [-0.2, 0) is 10.0 Å². The molecule has 18 heavy (non-hydrogen) atoms. The zero-order chi connectivity index (χ0) is 13.6. The van der Waals surface area contributed by atoms with Gasteiger partial charge in [-0.2, -0.15) is 5.26 Å². The number of hydrogen-bond acceptors (Lipinski definition) is 4. The molecule has 5 nitrogen and oxygen atoms in total. The number of benzene rings is 1. The molecule has 0 aliphatic rings. The van der Waals surface area contributed by atoms with Gasteiger partial charge in [-0.15, -0.1) is 0 Å². The first-order valence-electron chi connectivity index (χ1n) is 5.68. The number of hydrogen-bond donors (Lipinski definition) is 1. The van der Waals surface area contributed by atoms with Crippen LogP contribution in [0, 0.1) is 11.3 Å². The van der Waals surface area contributed by atoms with Crippen molar-refractivity contribution in [3.05, 3.63) is 29.8 Å². The van der Waals surface area contributed by atoms with Crippen LogP contribution in [0.3, 0.4) is 0 Å². The molecule has 0 aliphatic carbocycles. The van der Waals surface area contributed by atoms with Gasteiger partial charge in [0.15, 0.2) is 0 Å². The van der Waals surface area contributed by atoms with E-state index in [1.165, 1.54) is 12.1 Å². The molecule has 1 N–H and O–H groups in total. The van der Waals surface area contributed by atoms with Crippen LogP contribution in [0.5, 0.6) is 0 Å². The third-order valence-corrected chi connectivity index (χ3v) is 4.06. The smallest absolute Gasteiger partial charge is 0.240 e. The Morgan fingerprint density at radius 3 is 2.78 bits per heavy atom.